The van der Waals surface area contributed by atoms with E-state index in [4.69, 9.17) is 5.84 Å². The molecule has 0 aromatic rings. The van der Waals surface area contributed by atoms with Crippen molar-refractivity contribution in [3.63, 3.8) is 0 Å². The van der Waals surface area contributed by atoms with Crippen molar-refractivity contribution in [3.8, 4) is 0 Å². The molecule has 0 spiro atoms. The summed E-state index contributed by atoms with van der Waals surface area (Å²) >= 11 is 0. The highest BCUT2D eigenvalue weighted by atomic mass is 16.7. The Hall–Kier alpha value is -0.650. The Bertz CT molecular complexity index is 85.9. The molecular weight excluding hydrogens is 122 g/mol. The Morgan fingerprint density at radius 2 is 2.33 bits per heavy atom. The first kappa shape index (κ1) is 8.35. The van der Waals surface area contributed by atoms with E-state index >= 15 is 0 Å². The van der Waals surface area contributed by atoms with Gasteiger partial charge in [0.25, 0.3) is 0 Å². The van der Waals surface area contributed by atoms with Gasteiger partial charge < -0.3 is 4.84 Å². The SMILES string of the molecule is NNCCCC(=O)ON. The maximum absolute atomic E-state index is 10.3. The molecule has 0 fully saturated rings. The van der Waals surface area contributed by atoms with E-state index in [2.05, 4.69) is 16.2 Å². The molecule has 5 N–H and O–H groups in total. The molecule has 5 heteroatoms. The highest BCUT2D eigenvalue weighted by Crippen LogP contribution is 1.86. The third-order valence-electron chi connectivity index (χ3n) is 0.833. The molecule has 9 heavy (non-hydrogen) atoms. The number of hydrogen-bond donors (Lipinski definition) is 3. The van der Waals surface area contributed by atoms with Crippen LogP contribution in [0.5, 0.6) is 0 Å². The molecule has 0 bridgehead atoms. The van der Waals surface area contributed by atoms with Crippen molar-refractivity contribution in [3.05, 3.63) is 0 Å². The molecule has 5 nitrogen and oxygen atoms in total. The fraction of sp³-hybridized carbons (Fsp3) is 0.750. The Labute approximate surface area is 53.3 Å². The van der Waals surface area contributed by atoms with Crippen molar-refractivity contribution in [2.45, 2.75) is 12.8 Å². The number of nitrogens with two attached hydrogens (primary N) is 2. The minimum Gasteiger partial charge on any atom is -0.373 e. The van der Waals surface area contributed by atoms with Crippen LogP contribution in [0.2, 0.25) is 0 Å². The smallest absolute Gasteiger partial charge is 0.324 e. The first-order chi connectivity index (χ1) is 4.31. The lowest BCUT2D eigenvalue weighted by atomic mass is 10.3. The zero-order valence-corrected chi connectivity index (χ0v) is 5.09. The molecule has 0 aliphatic heterocycles. The summed E-state index contributed by atoms with van der Waals surface area (Å²) in [6.07, 6.45) is 0.952. The molecular formula is C4H11N3O2. The van der Waals surface area contributed by atoms with E-state index in [0.717, 1.165) is 0 Å². The summed E-state index contributed by atoms with van der Waals surface area (Å²) in [5.41, 5.74) is 2.40. The van der Waals surface area contributed by atoms with E-state index in [0.29, 0.717) is 19.4 Å². The number of rotatable bonds is 4. The molecule has 0 aliphatic carbocycles. The van der Waals surface area contributed by atoms with Crippen molar-refractivity contribution >= 4 is 5.97 Å². The van der Waals surface area contributed by atoms with Crippen molar-refractivity contribution in [2.75, 3.05) is 6.54 Å². The van der Waals surface area contributed by atoms with E-state index in [1.165, 1.54) is 0 Å². The summed E-state index contributed by atoms with van der Waals surface area (Å²) < 4.78 is 0. The molecule has 0 unspecified atom stereocenters. The summed E-state index contributed by atoms with van der Waals surface area (Å²) in [6.45, 7) is 0.592. The standard InChI is InChI=1S/C4H11N3O2/c5-7-3-1-2-4(8)9-6/h7H,1-3,5-6H2. The van der Waals surface area contributed by atoms with Gasteiger partial charge in [0, 0.05) is 13.0 Å². The molecule has 0 rings (SSSR count). The normalized spacial score (nSPS) is 9.11. The van der Waals surface area contributed by atoms with Crippen LogP contribution in [0.3, 0.4) is 0 Å². The molecule has 0 heterocycles. The average molecular weight is 133 g/mol. The second kappa shape index (κ2) is 5.49. The van der Waals surface area contributed by atoms with Crippen LogP contribution in [0, 0.1) is 0 Å². The van der Waals surface area contributed by atoms with Crippen molar-refractivity contribution < 1.29 is 9.63 Å². The molecule has 54 valence electrons. The Balaban J connectivity index is 2.97. The molecule has 0 atom stereocenters. The van der Waals surface area contributed by atoms with Crippen LogP contribution < -0.4 is 17.2 Å². The zero-order valence-electron chi connectivity index (χ0n) is 5.09. The van der Waals surface area contributed by atoms with Crippen LogP contribution in [0.15, 0.2) is 0 Å². The van der Waals surface area contributed by atoms with Crippen LogP contribution >= 0.6 is 0 Å². The predicted molar refractivity (Wildman–Crippen MR) is 31.7 cm³/mol. The van der Waals surface area contributed by atoms with E-state index in [1.807, 2.05) is 0 Å². The number of hydrazine groups is 1. The summed E-state index contributed by atoms with van der Waals surface area (Å²) in [4.78, 5) is 14.2. The number of carbonyl (C=O) groups excluding carboxylic acids is 1. The van der Waals surface area contributed by atoms with Gasteiger partial charge in [0.05, 0.1) is 0 Å². The molecule has 0 aromatic carbocycles. The maximum Gasteiger partial charge on any atom is 0.324 e. The Kier molecular flexibility index (Phi) is 5.09. The maximum atomic E-state index is 10.3. The Morgan fingerprint density at radius 1 is 1.67 bits per heavy atom. The summed E-state index contributed by atoms with van der Waals surface area (Å²) in [5, 5.41) is 0. The van der Waals surface area contributed by atoms with Crippen molar-refractivity contribution in [1.82, 2.24) is 5.43 Å². The van der Waals surface area contributed by atoms with Gasteiger partial charge in [0.15, 0.2) is 0 Å². The third-order valence-corrected chi connectivity index (χ3v) is 0.833. The summed E-state index contributed by atoms with van der Waals surface area (Å²) in [6, 6.07) is 0. The second-order valence-electron chi connectivity index (χ2n) is 1.55. The first-order valence-electron chi connectivity index (χ1n) is 2.64. The van der Waals surface area contributed by atoms with Gasteiger partial charge in [-0.3, -0.25) is 16.1 Å². The van der Waals surface area contributed by atoms with E-state index in [1.54, 1.807) is 0 Å². The zero-order chi connectivity index (χ0) is 7.11. The van der Waals surface area contributed by atoms with E-state index in [9.17, 15) is 4.79 Å². The van der Waals surface area contributed by atoms with Gasteiger partial charge in [-0.25, -0.2) is 0 Å². The van der Waals surface area contributed by atoms with Gasteiger partial charge in [-0.05, 0) is 6.42 Å². The highest BCUT2D eigenvalue weighted by Gasteiger charge is 1.97. The monoisotopic (exact) mass is 133 g/mol. The first-order valence-corrected chi connectivity index (χ1v) is 2.64. The van der Waals surface area contributed by atoms with Gasteiger partial charge >= 0.3 is 5.97 Å². The van der Waals surface area contributed by atoms with Crippen molar-refractivity contribution in [1.29, 1.82) is 0 Å². The third kappa shape index (κ3) is 5.22. The number of nitrogens with one attached hydrogen (secondary N) is 1. The lowest BCUT2D eigenvalue weighted by molar-refractivity contribution is -0.144. The summed E-state index contributed by atoms with van der Waals surface area (Å²) in [7, 11) is 0. The van der Waals surface area contributed by atoms with Crippen LogP contribution in [-0.2, 0) is 9.63 Å². The van der Waals surface area contributed by atoms with Gasteiger partial charge in [-0.2, -0.15) is 5.90 Å². The van der Waals surface area contributed by atoms with Crippen molar-refractivity contribution in [2.24, 2.45) is 11.7 Å². The molecule has 0 aliphatic rings. The minimum absolute atomic E-state index is 0.306. The quantitative estimate of drug-likeness (QED) is 0.250. The minimum atomic E-state index is -0.412. The molecule has 0 radical (unpaired) electrons. The summed E-state index contributed by atoms with van der Waals surface area (Å²) in [5.74, 6) is 9.06. The van der Waals surface area contributed by atoms with E-state index < -0.39 is 5.97 Å². The van der Waals surface area contributed by atoms with Crippen LogP contribution in [0.1, 0.15) is 12.8 Å². The second-order valence-corrected chi connectivity index (χ2v) is 1.55. The largest absolute Gasteiger partial charge is 0.373 e. The van der Waals surface area contributed by atoms with Gasteiger partial charge in [0.2, 0.25) is 0 Å². The lowest BCUT2D eigenvalue weighted by Crippen LogP contribution is -2.23. The van der Waals surface area contributed by atoms with Crippen LogP contribution in [0.25, 0.3) is 0 Å². The lowest BCUT2D eigenvalue weighted by Gasteiger charge is -1.96. The molecule has 0 saturated heterocycles. The predicted octanol–water partition coefficient (Wildman–Crippen LogP) is -1.35. The number of hydrogen-bond acceptors (Lipinski definition) is 5. The van der Waals surface area contributed by atoms with Crippen LogP contribution in [0.4, 0.5) is 0 Å². The number of carbonyl (C=O) groups is 1. The van der Waals surface area contributed by atoms with Gasteiger partial charge in [0.1, 0.15) is 0 Å². The average Bonchev–Trinajstić information content (AvgIpc) is 1.89. The highest BCUT2D eigenvalue weighted by molar-refractivity contribution is 5.68. The molecule has 0 amide bonds. The van der Waals surface area contributed by atoms with Crippen LogP contribution in [-0.4, -0.2) is 12.5 Å². The fourth-order valence-corrected chi connectivity index (χ4v) is 0.394. The Morgan fingerprint density at radius 3 is 2.78 bits per heavy atom. The van der Waals surface area contributed by atoms with E-state index in [-0.39, 0.29) is 0 Å². The van der Waals surface area contributed by atoms with Gasteiger partial charge in [-0.15, -0.1) is 0 Å². The topological polar surface area (TPSA) is 90.4 Å². The van der Waals surface area contributed by atoms with Gasteiger partial charge in [-0.1, -0.05) is 0 Å². The molecule has 0 saturated carbocycles. The molecule has 0 aromatic heterocycles. The fourth-order valence-electron chi connectivity index (χ4n) is 0.394.